The zero-order valence-corrected chi connectivity index (χ0v) is 11.6. The molecule has 1 aliphatic heterocycles. The summed E-state index contributed by atoms with van der Waals surface area (Å²) in [6.07, 6.45) is 2.27. The number of aromatic nitrogens is 3. The van der Waals surface area contributed by atoms with E-state index in [0.29, 0.717) is 37.3 Å². The number of morpholine rings is 1. The van der Waals surface area contributed by atoms with Crippen molar-refractivity contribution < 1.29 is 9.47 Å². The van der Waals surface area contributed by atoms with Crippen LogP contribution < -0.4 is 16.0 Å². The Hall–Kier alpha value is -1.67. The molecule has 0 unspecified atom stereocenters. The van der Waals surface area contributed by atoms with Gasteiger partial charge >= 0.3 is 0 Å². The molecule has 1 aromatic heterocycles. The molecule has 8 nitrogen and oxygen atoms in total. The minimum Gasteiger partial charge on any atom is -0.381 e. The lowest BCUT2D eigenvalue weighted by atomic mass is 9.89. The molecule has 0 spiro atoms. The Kier molecular flexibility index (Phi) is 3.83. The lowest BCUT2D eigenvalue weighted by molar-refractivity contribution is 0.0327. The van der Waals surface area contributed by atoms with Crippen LogP contribution in [0.3, 0.4) is 0 Å². The fourth-order valence-corrected chi connectivity index (χ4v) is 2.41. The molecule has 3 N–H and O–H groups in total. The molecule has 0 atom stereocenters. The monoisotopic (exact) mass is 280 g/mol. The molecule has 2 fully saturated rings. The molecule has 110 valence electrons. The lowest BCUT2D eigenvalue weighted by Gasteiger charge is -2.34. The zero-order valence-electron chi connectivity index (χ0n) is 11.6. The van der Waals surface area contributed by atoms with Gasteiger partial charge in [-0.1, -0.05) is 0 Å². The third-order valence-corrected chi connectivity index (χ3v) is 3.70. The van der Waals surface area contributed by atoms with E-state index in [0.717, 1.165) is 25.9 Å². The Balaban J connectivity index is 1.67. The van der Waals surface area contributed by atoms with Crippen LogP contribution in [0, 0.1) is 0 Å². The van der Waals surface area contributed by atoms with Gasteiger partial charge in [0.1, 0.15) is 0 Å². The summed E-state index contributed by atoms with van der Waals surface area (Å²) in [5.41, 5.74) is 5.77. The average Bonchev–Trinajstić information content (AvgIpc) is 2.43. The highest BCUT2D eigenvalue weighted by atomic mass is 16.5. The first-order chi connectivity index (χ1) is 9.74. The fourth-order valence-electron chi connectivity index (χ4n) is 2.41. The maximum atomic E-state index is 5.77. The predicted octanol–water partition coefficient (Wildman–Crippen LogP) is -0.120. The van der Waals surface area contributed by atoms with Crippen LogP contribution in [0.4, 0.5) is 17.8 Å². The molecule has 3 rings (SSSR count). The van der Waals surface area contributed by atoms with E-state index in [1.807, 2.05) is 0 Å². The summed E-state index contributed by atoms with van der Waals surface area (Å²) in [6.45, 7) is 2.93. The van der Waals surface area contributed by atoms with Gasteiger partial charge in [-0.2, -0.15) is 15.0 Å². The number of nitrogens with one attached hydrogen (secondary N) is 1. The van der Waals surface area contributed by atoms with Gasteiger partial charge in [0.05, 0.1) is 19.3 Å². The Morgan fingerprint density at radius 3 is 2.70 bits per heavy atom. The number of hydrogen-bond acceptors (Lipinski definition) is 8. The summed E-state index contributed by atoms with van der Waals surface area (Å²) in [4.78, 5) is 14.9. The van der Waals surface area contributed by atoms with Gasteiger partial charge in [-0.15, -0.1) is 0 Å². The number of anilines is 3. The molecule has 8 heteroatoms. The van der Waals surface area contributed by atoms with Crippen LogP contribution in [0.15, 0.2) is 0 Å². The van der Waals surface area contributed by atoms with Crippen LogP contribution in [-0.2, 0) is 9.47 Å². The van der Waals surface area contributed by atoms with Gasteiger partial charge in [0, 0.05) is 26.2 Å². The first-order valence-electron chi connectivity index (χ1n) is 6.88. The number of ether oxygens (including phenoxy) is 2. The molecule has 20 heavy (non-hydrogen) atoms. The second-order valence-corrected chi connectivity index (χ2v) is 5.09. The number of hydrogen-bond donors (Lipinski definition) is 2. The third kappa shape index (κ3) is 2.91. The summed E-state index contributed by atoms with van der Waals surface area (Å²) < 4.78 is 10.6. The number of nitrogens with zero attached hydrogens (tertiary/aromatic N) is 4. The van der Waals surface area contributed by atoms with E-state index in [4.69, 9.17) is 15.2 Å². The Labute approximate surface area is 117 Å². The maximum Gasteiger partial charge on any atom is 0.232 e. The highest BCUT2D eigenvalue weighted by Crippen LogP contribution is 2.25. The molecular weight excluding hydrogens is 260 g/mol. The Bertz CT molecular complexity index is 459. The molecule has 2 heterocycles. The van der Waals surface area contributed by atoms with Crippen molar-refractivity contribution in [3.63, 3.8) is 0 Å². The molecule has 0 bridgehead atoms. The number of nitrogen functional groups attached to an aromatic ring is 1. The van der Waals surface area contributed by atoms with Gasteiger partial charge in [0.15, 0.2) is 0 Å². The highest BCUT2D eigenvalue weighted by Gasteiger charge is 2.29. The second kappa shape index (κ2) is 5.76. The third-order valence-electron chi connectivity index (χ3n) is 3.70. The standard InChI is InChI=1S/C12H20N6O2/c1-19-9-6-8(7-9)14-11-15-10(13)16-12(17-11)18-2-4-20-5-3-18/h8-9H,2-7H2,1H3,(H3,13,14,15,16,17). The van der Waals surface area contributed by atoms with Gasteiger partial charge in [-0.05, 0) is 12.8 Å². The molecular formula is C12H20N6O2. The van der Waals surface area contributed by atoms with Crippen LogP contribution in [0.25, 0.3) is 0 Å². The zero-order chi connectivity index (χ0) is 13.9. The minimum atomic E-state index is 0.242. The van der Waals surface area contributed by atoms with Gasteiger partial charge in [0.25, 0.3) is 0 Å². The number of rotatable bonds is 4. The molecule has 1 aromatic rings. The van der Waals surface area contributed by atoms with Crippen molar-refractivity contribution in [1.29, 1.82) is 0 Å². The van der Waals surface area contributed by atoms with Crippen molar-refractivity contribution in [3.05, 3.63) is 0 Å². The first-order valence-corrected chi connectivity index (χ1v) is 6.88. The average molecular weight is 280 g/mol. The van der Waals surface area contributed by atoms with Gasteiger partial charge < -0.3 is 25.4 Å². The molecule has 1 saturated carbocycles. The van der Waals surface area contributed by atoms with Crippen molar-refractivity contribution in [1.82, 2.24) is 15.0 Å². The largest absolute Gasteiger partial charge is 0.381 e. The Morgan fingerprint density at radius 2 is 2.00 bits per heavy atom. The predicted molar refractivity (Wildman–Crippen MR) is 74.7 cm³/mol. The Morgan fingerprint density at radius 1 is 1.25 bits per heavy atom. The van der Waals surface area contributed by atoms with E-state index >= 15 is 0 Å². The SMILES string of the molecule is COC1CC(Nc2nc(N)nc(N3CCOCC3)n2)C1. The summed E-state index contributed by atoms with van der Waals surface area (Å²) >= 11 is 0. The smallest absolute Gasteiger partial charge is 0.232 e. The van der Waals surface area contributed by atoms with Gasteiger partial charge in [-0.3, -0.25) is 0 Å². The summed E-state index contributed by atoms with van der Waals surface area (Å²) in [6, 6.07) is 0.347. The highest BCUT2D eigenvalue weighted by molar-refractivity contribution is 5.42. The molecule has 2 aliphatic rings. The van der Waals surface area contributed by atoms with E-state index in [9.17, 15) is 0 Å². The molecule has 0 radical (unpaired) electrons. The number of methoxy groups -OCH3 is 1. The van der Waals surface area contributed by atoms with Gasteiger partial charge in [0.2, 0.25) is 17.8 Å². The van der Waals surface area contributed by atoms with Crippen LogP contribution in [0.2, 0.25) is 0 Å². The summed E-state index contributed by atoms with van der Waals surface area (Å²) in [5.74, 6) is 1.40. The van der Waals surface area contributed by atoms with Gasteiger partial charge in [-0.25, -0.2) is 0 Å². The normalized spacial score (nSPS) is 26.1. The van der Waals surface area contributed by atoms with E-state index in [2.05, 4.69) is 25.2 Å². The number of nitrogens with two attached hydrogens (primary N) is 1. The van der Waals surface area contributed by atoms with Crippen molar-refractivity contribution in [2.75, 3.05) is 49.4 Å². The molecule has 0 aromatic carbocycles. The molecule has 0 amide bonds. The topological polar surface area (TPSA) is 98.4 Å². The van der Waals surface area contributed by atoms with E-state index in [-0.39, 0.29) is 5.95 Å². The van der Waals surface area contributed by atoms with Crippen molar-refractivity contribution in [3.8, 4) is 0 Å². The van der Waals surface area contributed by atoms with Crippen LogP contribution in [0.5, 0.6) is 0 Å². The minimum absolute atomic E-state index is 0.242. The van der Waals surface area contributed by atoms with Crippen LogP contribution in [-0.4, -0.2) is 60.5 Å². The van der Waals surface area contributed by atoms with E-state index in [1.54, 1.807) is 7.11 Å². The van der Waals surface area contributed by atoms with E-state index in [1.165, 1.54) is 0 Å². The van der Waals surface area contributed by atoms with Crippen molar-refractivity contribution in [2.24, 2.45) is 0 Å². The lowest BCUT2D eigenvalue weighted by Crippen LogP contribution is -2.41. The van der Waals surface area contributed by atoms with Crippen LogP contribution >= 0.6 is 0 Å². The summed E-state index contributed by atoms with van der Waals surface area (Å²) in [5, 5.41) is 3.28. The summed E-state index contributed by atoms with van der Waals surface area (Å²) in [7, 11) is 1.73. The molecule has 1 aliphatic carbocycles. The molecule has 1 saturated heterocycles. The quantitative estimate of drug-likeness (QED) is 0.787. The maximum absolute atomic E-state index is 5.77. The first kappa shape index (κ1) is 13.3. The van der Waals surface area contributed by atoms with Crippen molar-refractivity contribution >= 4 is 17.8 Å². The fraction of sp³-hybridized carbons (Fsp3) is 0.750. The van der Waals surface area contributed by atoms with Crippen molar-refractivity contribution in [2.45, 2.75) is 25.0 Å². The van der Waals surface area contributed by atoms with E-state index < -0.39 is 0 Å². The second-order valence-electron chi connectivity index (χ2n) is 5.09. The van der Waals surface area contributed by atoms with Crippen LogP contribution in [0.1, 0.15) is 12.8 Å².